The molecule has 1 unspecified atom stereocenters. The largest absolute Gasteiger partial charge is 0.378 e. The molecule has 16 heavy (non-hydrogen) atoms. The van der Waals surface area contributed by atoms with Gasteiger partial charge in [-0.1, -0.05) is 0 Å². The van der Waals surface area contributed by atoms with Crippen molar-refractivity contribution >= 4 is 5.69 Å². The Hall–Kier alpha value is -1.09. The summed E-state index contributed by atoms with van der Waals surface area (Å²) in [4.78, 5) is 9.23. The number of aromatic nitrogens is 1. The normalized spacial score (nSPS) is 21.4. The monoisotopic (exact) mass is 219 g/mol. The lowest BCUT2D eigenvalue weighted by atomic mass is 10.1. The van der Waals surface area contributed by atoms with Crippen LogP contribution >= 0.6 is 0 Å². The van der Waals surface area contributed by atoms with Gasteiger partial charge in [-0.05, 0) is 45.5 Å². The van der Waals surface area contributed by atoms with E-state index in [-0.39, 0.29) is 0 Å². The molecule has 0 saturated carbocycles. The van der Waals surface area contributed by atoms with Crippen molar-refractivity contribution < 1.29 is 0 Å². The maximum absolute atomic E-state index is 4.68. The maximum Gasteiger partial charge on any atom is 0.0599 e. The summed E-state index contributed by atoms with van der Waals surface area (Å²) >= 11 is 0. The Bertz CT molecular complexity index is 373. The van der Waals surface area contributed by atoms with Crippen LogP contribution in [-0.2, 0) is 0 Å². The Morgan fingerprint density at radius 3 is 2.69 bits per heavy atom. The molecular weight excluding hydrogens is 198 g/mol. The second kappa shape index (κ2) is 4.42. The number of hydrogen-bond donors (Lipinski definition) is 0. The fraction of sp³-hybridized carbons (Fsp3) is 0.615. The molecule has 0 radical (unpaired) electrons. The van der Waals surface area contributed by atoms with E-state index in [2.05, 4.69) is 55.0 Å². The van der Waals surface area contributed by atoms with E-state index >= 15 is 0 Å². The molecule has 1 saturated heterocycles. The first-order valence-corrected chi connectivity index (χ1v) is 5.94. The second-order valence-corrected chi connectivity index (χ2v) is 4.92. The Morgan fingerprint density at radius 1 is 1.38 bits per heavy atom. The Morgan fingerprint density at radius 2 is 2.12 bits per heavy atom. The van der Waals surface area contributed by atoms with Crippen LogP contribution in [0.4, 0.5) is 5.69 Å². The lowest BCUT2D eigenvalue weighted by Crippen LogP contribution is -2.19. The SMILES string of the molecule is Cc1cc(N(C)C)cc(C2CCCN2C)n1. The van der Waals surface area contributed by atoms with Crippen LogP contribution in [0.2, 0.25) is 0 Å². The predicted octanol–water partition coefficient (Wildman–Crippen LogP) is 2.22. The smallest absolute Gasteiger partial charge is 0.0599 e. The average molecular weight is 219 g/mol. The molecule has 0 aliphatic carbocycles. The molecule has 0 bridgehead atoms. The summed E-state index contributed by atoms with van der Waals surface area (Å²) in [6, 6.07) is 4.87. The van der Waals surface area contributed by atoms with Crippen molar-refractivity contribution in [3.8, 4) is 0 Å². The van der Waals surface area contributed by atoms with Gasteiger partial charge in [0.1, 0.15) is 0 Å². The summed E-state index contributed by atoms with van der Waals surface area (Å²) in [5, 5.41) is 0. The quantitative estimate of drug-likeness (QED) is 0.760. The summed E-state index contributed by atoms with van der Waals surface area (Å²) < 4.78 is 0. The van der Waals surface area contributed by atoms with Crippen molar-refractivity contribution in [3.63, 3.8) is 0 Å². The van der Waals surface area contributed by atoms with E-state index in [1.165, 1.54) is 30.8 Å². The fourth-order valence-electron chi connectivity index (χ4n) is 2.39. The number of hydrogen-bond acceptors (Lipinski definition) is 3. The van der Waals surface area contributed by atoms with Crippen LogP contribution in [-0.4, -0.2) is 37.6 Å². The van der Waals surface area contributed by atoms with E-state index in [0.29, 0.717) is 6.04 Å². The van der Waals surface area contributed by atoms with Gasteiger partial charge in [-0.15, -0.1) is 0 Å². The van der Waals surface area contributed by atoms with Crippen LogP contribution in [0.1, 0.15) is 30.3 Å². The van der Waals surface area contributed by atoms with Gasteiger partial charge in [-0.25, -0.2) is 0 Å². The third kappa shape index (κ3) is 2.19. The molecule has 2 rings (SSSR count). The molecule has 0 amide bonds. The van der Waals surface area contributed by atoms with E-state index in [4.69, 9.17) is 0 Å². The van der Waals surface area contributed by atoms with Crippen LogP contribution in [0.15, 0.2) is 12.1 Å². The summed E-state index contributed by atoms with van der Waals surface area (Å²) in [6.45, 7) is 3.27. The third-order valence-corrected chi connectivity index (χ3v) is 3.34. The average Bonchev–Trinajstić information content (AvgIpc) is 2.63. The van der Waals surface area contributed by atoms with E-state index < -0.39 is 0 Å². The number of aryl methyl sites for hydroxylation is 1. The van der Waals surface area contributed by atoms with Crippen molar-refractivity contribution in [3.05, 3.63) is 23.5 Å². The third-order valence-electron chi connectivity index (χ3n) is 3.34. The zero-order valence-electron chi connectivity index (χ0n) is 10.7. The zero-order chi connectivity index (χ0) is 11.7. The molecule has 1 fully saturated rings. The van der Waals surface area contributed by atoms with E-state index in [9.17, 15) is 0 Å². The van der Waals surface area contributed by atoms with Crippen LogP contribution in [0.3, 0.4) is 0 Å². The molecule has 1 aromatic heterocycles. The minimum atomic E-state index is 0.513. The first kappa shape index (κ1) is 11.4. The van der Waals surface area contributed by atoms with Gasteiger partial charge in [0.15, 0.2) is 0 Å². The minimum absolute atomic E-state index is 0.513. The standard InChI is InChI=1S/C13H21N3/c1-10-8-11(15(2)3)9-12(14-10)13-6-5-7-16(13)4/h8-9,13H,5-7H2,1-4H3. The number of pyridine rings is 1. The van der Waals surface area contributed by atoms with Gasteiger partial charge in [-0.2, -0.15) is 0 Å². The number of nitrogens with zero attached hydrogens (tertiary/aromatic N) is 3. The van der Waals surface area contributed by atoms with Crippen LogP contribution in [0.5, 0.6) is 0 Å². The molecule has 3 heteroatoms. The van der Waals surface area contributed by atoms with Gasteiger partial charge in [0.25, 0.3) is 0 Å². The van der Waals surface area contributed by atoms with Crippen molar-refractivity contribution in [2.45, 2.75) is 25.8 Å². The highest BCUT2D eigenvalue weighted by Gasteiger charge is 2.24. The predicted molar refractivity (Wildman–Crippen MR) is 67.9 cm³/mol. The van der Waals surface area contributed by atoms with Gasteiger partial charge >= 0.3 is 0 Å². The lowest BCUT2D eigenvalue weighted by molar-refractivity contribution is 0.311. The summed E-state index contributed by atoms with van der Waals surface area (Å²) in [5.41, 5.74) is 3.59. The molecule has 1 aliphatic heterocycles. The van der Waals surface area contributed by atoms with Gasteiger partial charge in [-0.3, -0.25) is 9.88 Å². The highest BCUT2D eigenvalue weighted by molar-refractivity contribution is 5.47. The van der Waals surface area contributed by atoms with Crippen molar-refractivity contribution in [2.24, 2.45) is 0 Å². The van der Waals surface area contributed by atoms with Crippen LogP contribution in [0.25, 0.3) is 0 Å². The van der Waals surface area contributed by atoms with Gasteiger partial charge in [0.2, 0.25) is 0 Å². The molecule has 1 aromatic rings. The molecule has 88 valence electrons. The van der Waals surface area contributed by atoms with E-state index in [1.54, 1.807) is 0 Å². The van der Waals surface area contributed by atoms with E-state index in [0.717, 1.165) is 5.69 Å². The molecular formula is C13H21N3. The molecule has 1 aliphatic rings. The second-order valence-electron chi connectivity index (χ2n) is 4.92. The summed E-state index contributed by atoms with van der Waals surface area (Å²) in [7, 11) is 6.35. The molecule has 1 atom stereocenters. The maximum atomic E-state index is 4.68. The van der Waals surface area contributed by atoms with Crippen LogP contribution in [0, 0.1) is 6.92 Å². The lowest BCUT2D eigenvalue weighted by Gasteiger charge is -2.21. The summed E-state index contributed by atoms with van der Waals surface area (Å²) in [6.07, 6.45) is 2.52. The Labute approximate surface area is 98.1 Å². The first-order valence-electron chi connectivity index (χ1n) is 5.94. The van der Waals surface area contributed by atoms with Crippen LogP contribution < -0.4 is 4.90 Å². The van der Waals surface area contributed by atoms with Gasteiger partial charge < -0.3 is 4.90 Å². The molecule has 2 heterocycles. The first-order chi connectivity index (χ1) is 7.58. The van der Waals surface area contributed by atoms with Crippen molar-refractivity contribution in [1.82, 2.24) is 9.88 Å². The summed E-state index contributed by atoms with van der Waals surface area (Å²) in [5.74, 6) is 0. The van der Waals surface area contributed by atoms with Gasteiger partial charge in [0.05, 0.1) is 11.7 Å². The number of rotatable bonds is 2. The molecule has 0 N–H and O–H groups in total. The molecule has 0 spiro atoms. The Balaban J connectivity index is 2.33. The number of anilines is 1. The zero-order valence-corrected chi connectivity index (χ0v) is 10.7. The fourth-order valence-corrected chi connectivity index (χ4v) is 2.39. The topological polar surface area (TPSA) is 19.4 Å². The minimum Gasteiger partial charge on any atom is -0.378 e. The molecule has 3 nitrogen and oxygen atoms in total. The highest BCUT2D eigenvalue weighted by Crippen LogP contribution is 2.30. The Kier molecular flexibility index (Phi) is 3.15. The molecule has 0 aromatic carbocycles. The van der Waals surface area contributed by atoms with E-state index in [1.807, 2.05) is 0 Å². The van der Waals surface area contributed by atoms with Crippen molar-refractivity contribution in [1.29, 1.82) is 0 Å². The van der Waals surface area contributed by atoms with Crippen molar-refractivity contribution in [2.75, 3.05) is 32.6 Å². The van der Waals surface area contributed by atoms with Gasteiger partial charge in [0, 0.05) is 25.5 Å². The number of likely N-dealkylation sites (tertiary alicyclic amines) is 1. The highest BCUT2D eigenvalue weighted by atomic mass is 15.2.